The van der Waals surface area contributed by atoms with Crippen molar-refractivity contribution in [1.82, 2.24) is 14.7 Å². The lowest BCUT2D eigenvalue weighted by atomic mass is 10.2. The van der Waals surface area contributed by atoms with Crippen LogP contribution in [-0.2, 0) is 9.53 Å². The minimum Gasteiger partial charge on any atom is -0.468 e. The molecule has 0 bridgehead atoms. The number of nitro benzene ring substituents is 1. The zero-order chi connectivity index (χ0) is 18.6. The molecule has 0 radical (unpaired) electrons. The van der Waals surface area contributed by atoms with Gasteiger partial charge in [0.2, 0.25) is 0 Å². The Morgan fingerprint density at radius 1 is 1.36 bits per heavy atom. The molecule has 2 rings (SSSR count). The van der Waals surface area contributed by atoms with Crippen LogP contribution in [0.5, 0.6) is 0 Å². The van der Waals surface area contributed by atoms with Crippen molar-refractivity contribution in [3.63, 3.8) is 0 Å². The van der Waals surface area contributed by atoms with Crippen molar-refractivity contribution < 1.29 is 19.2 Å². The minimum absolute atomic E-state index is 0.0737. The monoisotopic (exact) mass is 346 g/mol. The fraction of sp³-hybridized carbons (Fsp3) is 0.312. The molecule has 0 fully saturated rings. The second-order valence-electron chi connectivity index (χ2n) is 5.53. The summed E-state index contributed by atoms with van der Waals surface area (Å²) in [6.45, 7) is 3.37. The van der Waals surface area contributed by atoms with Gasteiger partial charge in [-0.05, 0) is 26.0 Å². The molecule has 0 aliphatic carbocycles. The molecule has 132 valence electrons. The standard InChI is InChI=1S/C16H18N4O5/c1-11(2)18(10-15(21)25-3)16(22)14-7-8-19(17-14)12-5-4-6-13(9-12)20(23)24/h4-9,11H,10H2,1-3H3. The fourth-order valence-corrected chi connectivity index (χ4v) is 2.17. The Bertz CT molecular complexity index is 799. The number of hydrogen-bond acceptors (Lipinski definition) is 6. The van der Waals surface area contributed by atoms with E-state index in [0.29, 0.717) is 5.69 Å². The number of aromatic nitrogens is 2. The molecule has 0 aliphatic rings. The van der Waals surface area contributed by atoms with E-state index in [4.69, 9.17) is 0 Å². The van der Waals surface area contributed by atoms with E-state index in [1.54, 1.807) is 19.9 Å². The Hall–Kier alpha value is -3.23. The minimum atomic E-state index is -0.528. The highest BCUT2D eigenvalue weighted by molar-refractivity contribution is 5.94. The van der Waals surface area contributed by atoms with Crippen molar-refractivity contribution in [1.29, 1.82) is 0 Å². The van der Waals surface area contributed by atoms with E-state index in [9.17, 15) is 19.7 Å². The smallest absolute Gasteiger partial charge is 0.325 e. The van der Waals surface area contributed by atoms with E-state index in [1.165, 1.54) is 47.2 Å². The van der Waals surface area contributed by atoms with Crippen LogP contribution < -0.4 is 0 Å². The number of hydrogen-bond donors (Lipinski definition) is 0. The summed E-state index contributed by atoms with van der Waals surface area (Å²) in [5.41, 5.74) is 0.511. The molecule has 0 spiro atoms. The zero-order valence-electron chi connectivity index (χ0n) is 14.1. The van der Waals surface area contributed by atoms with Crippen LogP contribution in [0.4, 0.5) is 5.69 Å². The van der Waals surface area contributed by atoms with Crippen LogP contribution in [-0.4, -0.2) is 51.2 Å². The molecule has 0 unspecified atom stereocenters. The number of methoxy groups -OCH3 is 1. The molecule has 0 atom stereocenters. The SMILES string of the molecule is COC(=O)CN(C(=O)c1ccn(-c2cccc([N+](=O)[O-])c2)n1)C(C)C. The molecule has 1 aromatic carbocycles. The number of esters is 1. The molecule has 1 heterocycles. The van der Waals surface area contributed by atoms with Crippen LogP contribution in [0.25, 0.3) is 5.69 Å². The Labute approximate surface area is 143 Å². The molecule has 25 heavy (non-hydrogen) atoms. The molecule has 0 aliphatic heterocycles. The first kappa shape index (κ1) is 18.1. The molecular weight excluding hydrogens is 328 g/mol. The second-order valence-corrected chi connectivity index (χ2v) is 5.53. The molecule has 9 heteroatoms. The van der Waals surface area contributed by atoms with Gasteiger partial charge in [0.05, 0.1) is 17.7 Å². The predicted molar refractivity (Wildman–Crippen MR) is 88.4 cm³/mol. The summed E-state index contributed by atoms with van der Waals surface area (Å²) < 4.78 is 5.98. The molecule has 9 nitrogen and oxygen atoms in total. The van der Waals surface area contributed by atoms with E-state index in [0.717, 1.165) is 0 Å². The van der Waals surface area contributed by atoms with Gasteiger partial charge in [0.15, 0.2) is 5.69 Å². The van der Waals surface area contributed by atoms with E-state index >= 15 is 0 Å². The first-order valence-corrected chi connectivity index (χ1v) is 7.51. The number of rotatable bonds is 6. The van der Waals surface area contributed by atoms with E-state index in [-0.39, 0.29) is 24.0 Å². The van der Waals surface area contributed by atoms with Crippen LogP contribution in [0.15, 0.2) is 36.5 Å². The highest BCUT2D eigenvalue weighted by Gasteiger charge is 2.24. The van der Waals surface area contributed by atoms with Crippen LogP contribution in [0, 0.1) is 10.1 Å². The van der Waals surface area contributed by atoms with Gasteiger partial charge in [-0.2, -0.15) is 5.10 Å². The summed E-state index contributed by atoms with van der Waals surface area (Å²) in [5, 5.41) is 15.0. The summed E-state index contributed by atoms with van der Waals surface area (Å²) in [5.74, 6) is -0.954. The fourth-order valence-electron chi connectivity index (χ4n) is 2.17. The largest absolute Gasteiger partial charge is 0.468 e. The number of nitrogens with zero attached hydrogens (tertiary/aromatic N) is 4. The Morgan fingerprint density at radius 3 is 2.68 bits per heavy atom. The van der Waals surface area contributed by atoms with Crippen LogP contribution in [0.2, 0.25) is 0 Å². The zero-order valence-corrected chi connectivity index (χ0v) is 14.1. The van der Waals surface area contributed by atoms with Crippen molar-refractivity contribution in [2.24, 2.45) is 0 Å². The van der Waals surface area contributed by atoms with Crippen LogP contribution in [0.1, 0.15) is 24.3 Å². The summed E-state index contributed by atoms with van der Waals surface area (Å²) in [4.78, 5) is 35.8. The van der Waals surface area contributed by atoms with E-state index in [1.807, 2.05) is 0 Å². The van der Waals surface area contributed by atoms with Crippen molar-refractivity contribution >= 4 is 17.6 Å². The number of nitro groups is 1. The normalized spacial score (nSPS) is 10.6. The lowest BCUT2D eigenvalue weighted by Crippen LogP contribution is -2.41. The second kappa shape index (κ2) is 7.56. The first-order chi connectivity index (χ1) is 11.8. The Balaban J connectivity index is 2.27. The summed E-state index contributed by atoms with van der Waals surface area (Å²) in [6.07, 6.45) is 1.53. The molecule has 0 N–H and O–H groups in total. The number of amides is 1. The van der Waals surface area contributed by atoms with Crippen LogP contribution in [0.3, 0.4) is 0 Å². The predicted octanol–water partition coefficient (Wildman–Crippen LogP) is 1.80. The van der Waals surface area contributed by atoms with Gasteiger partial charge in [-0.3, -0.25) is 19.7 Å². The van der Waals surface area contributed by atoms with Crippen molar-refractivity contribution in [2.45, 2.75) is 19.9 Å². The lowest BCUT2D eigenvalue weighted by molar-refractivity contribution is -0.384. The van der Waals surface area contributed by atoms with Gasteiger partial charge >= 0.3 is 5.97 Å². The molecular formula is C16H18N4O5. The number of carbonyl (C=O) groups is 2. The van der Waals surface area contributed by atoms with Crippen molar-refractivity contribution in [3.8, 4) is 5.69 Å². The molecule has 0 saturated heterocycles. The summed E-state index contributed by atoms with van der Waals surface area (Å²) in [7, 11) is 1.25. The number of carbonyl (C=O) groups excluding carboxylic acids is 2. The number of non-ortho nitro benzene ring substituents is 1. The average molecular weight is 346 g/mol. The molecule has 0 saturated carbocycles. The Kier molecular flexibility index (Phi) is 5.48. The third kappa shape index (κ3) is 4.19. The topological polar surface area (TPSA) is 108 Å². The quantitative estimate of drug-likeness (QED) is 0.448. The summed E-state index contributed by atoms with van der Waals surface area (Å²) >= 11 is 0. The van der Waals surface area contributed by atoms with Gasteiger partial charge in [0, 0.05) is 24.4 Å². The van der Waals surface area contributed by atoms with Gasteiger partial charge in [-0.25, -0.2) is 4.68 Å². The van der Waals surface area contributed by atoms with Gasteiger partial charge < -0.3 is 9.64 Å². The molecule has 1 aromatic heterocycles. The van der Waals surface area contributed by atoms with Gasteiger partial charge in [0.1, 0.15) is 6.54 Å². The maximum atomic E-state index is 12.6. The number of ether oxygens (including phenoxy) is 1. The van der Waals surface area contributed by atoms with Gasteiger partial charge in [-0.1, -0.05) is 6.07 Å². The van der Waals surface area contributed by atoms with Crippen molar-refractivity contribution in [3.05, 3.63) is 52.3 Å². The maximum absolute atomic E-state index is 12.6. The van der Waals surface area contributed by atoms with Crippen molar-refractivity contribution in [2.75, 3.05) is 13.7 Å². The highest BCUT2D eigenvalue weighted by atomic mass is 16.6. The molecule has 2 aromatic rings. The van der Waals surface area contributed by atoms with Gasteiger partial charge in [-0.15, -0.1) is 0 Å². The first-order valence-electron chi connectivity index (χ1n) is 7.51. The Morgan fingerprint density at radius 2 is 2.08 bits per heavy atom. The average Bonchev–Trinajstić information content (AvgIpc) is 3.08. The highest BCUT2D eigenvalue weighted by Crippen LogP contribution is 2.17. The van der Waals surface area contributed by atoms with E-state index < -0.39 is 16.8 Å². The third-order valence-electron chi connectivity index (χ3n) is 3.52. The third-order valence-corrected chi connectivity index (χ3v) is 3.52. The molecule has 1 amide bonds. The number of benzene rings is 1. The van der Waals surface area contributed by atoms with Crippen LogP contribution >= 0.6 is 0 Å². The summed E-state index contributed by atoms with van der Waals surface area (Å²) in [6, 6.07) is 7.17. The maximum Gasteiger partial charge on any atom is 0.325 e. The van der Waals surface area contributed by atoms with Gasteiger partial charge in [0.25, 0.3) is 11.6 Å². The van der Waals surface area contributed by atoms with E-state index in [2.05, 4.69) is 9.84 Å². The lowest BCUT2D eigenvalue weighted by Gasteiger charge is -2.24.